The topological polar surface area (TPSA) is 46.9 Å². The second kappa shape index (κ2) is 5.47. The van der Waals surface area contributed by atoms with E-state index in [4.69, 9.17) is 0 Å². The van der Waals surface area contributed by atoms with E-state index in [0.717, 1.165) is 42.2 Å². The molecule has 1 aromatic rings. The summed E-state index contributed by atoms with van der Waals surface area (Å²) in [6, 6.07) is 0.0774. The quantitative estimate of drug-likeness (QED) is 0.813. The lowest BCUT2D eigenvalue weighted by Gasteiger charge is -2.54. The van der Waals surface area contributed by atoms with Crippen LogP contribution in [0, 0.1) is 23.7 Å². The van der Waals surface area contributed by atoms with Gasteiger partial charge in [0, 0.05) is 13.1 Å². The highest BCUT2D eigenvalue weighted by Gasteiger charge is 2.49. The highest BCUT2D eigenvalue weighted by Crippen LogP contribution is 2.53. The summed E-state index contributed by atoms with van der Waals surface area (Å²) in [5.74, 6) is 1.98. The largest absolute Gasteiger partial charge is 0.434 e. The number of aromatic nitrogens is 2. The zero-order valence-corrected chi connectivity index (χ0v) is 14.8. The van der Waals surface area contributed by atoms with Crippen molar-refractivity contribution in [2.45, 2.75) is 44.3 Å². The van der Waals surface area contributed by atoms with Crippen LogP contribution in [0.1, 0.15) is 48.3 Å². The molecule has 1 aromatic heterocycles. The van der Waals surface area contributed by atoms with E-state index in [2.05, 4.69) is 26.3 Å². The van der Waals surface area contributed by atoms with Crippen molar-refractivity contribution in [2.24, 2.45) is 30.7 Å². The van der Waals surface area contributed by atoms with Crippen LogP contribution in [0.25, 0.3) is 0 Å². The van der Waals surface area contributed by atoms with Crippen LogP contribution < -0.4 is 5.32 Å². The van der Waals surface area contributed by atoms with E-state index in [9.17, 15) is 18.0 Å². The number of aryl methyl sites for hydroxylation is 1. The van der Waals surface area contributed by atoms with Crippen LogP contribution in [0.4, 0.5) is 13.2 Å². The number of rotatable bonds is 2. The molecule has 0 aliphatic heterocycles. The maximum Gasteiger partial charge on any atom is 0.434 e. The maximum atomic E-state index is 13.1. The molecule has 1 heterocycles. The van der Waals surface area contributed by atoms with Crippen LogP contribution in [-0.2, 0) is 13.2 Å². The van der Waals surface area contributed by atoms with Gasteiger partial charge in [-0.25, -0.2) is 0 Å². The molecule has 132 valence electrons. The van der Waals surface area contributed by atoms with Gasteiger partial charge >= 0.3 is 6.18 Å². The Morgan fingerprint density at radius 3 is 2.17 bits per heavy atom. The summed E-state index contributed by atoms with van der Waals surface area (Å²) in [5, 5.41) is 6.80. The van der Waals surface area contributed by atoms with E-state index in [1.54, 1.807) is 0 Å². The standard InChI is InChI=1S/C16H19BrF3N3O/c1-23-14(16(18,19)20)11(17)13(22-23)15(24)21-12-9-3-7-2-8(5-9)6-10(12)4-7/h7-10,12H,2-6H2,1H3,(H,21,24). The van der Waals surface area contributed by atoms with Crippen molar-refractivity contribution in [2.75, 3.05) is 0 Å². The van der Waals surface area contributed by atoms with Gasteiger partial charge in [0.05, 0.1) is 4.47 Å². The highest BCUT2D eigenvalue weighted by atomic mass is 79.9. The normalized spacial score (nSPS) is 34.6. The number of hydrogen-bond acceptors (Lipinski definition) is 2. The third-order valence-electron chi connectivity index (χ3n) is 6.00. The molecule has 24 heavy (non-hydrogen) atoms. The van der Waals surface area contributed by atoms with Crippen LogP contribution in [0.15, 0.2) is 4.47 Å². The Balaban J connectivity index is 1.55. The minimum absolute atomic E-state index is 0.0774. The fourth-order valence-electron chi connectivity index (χ4n) is 5.33. The van der Waals surface area contributed by atoms with Gasteiger partial charge in [-0.15, -0.1) is 0 Å². The number of nitrogens with zero attached hydrogens (tertiary/aromatic N) is 2. The Hall–Kier alpha value is -1.05. The predicted octanol–water partition coefficient (Wildman–Crippen LogP) is 3.76. The van der Waals surface area contributed by atoms with E-state index in [-0.39, 0.29) is 16.2 Å². The molecule has 8 heteroatoms. The van der Waals surface area contributed by atoms with Gasteiger partial charge in [-0.2, -0.15) is 18.3 Å². The van der Waals surface area contributed by atoms with Gasteiger partial charge in [0.2, 0.25) is 0 Å². The van der Waals surface area contributed by atoms with Crippen LogP contribution >= 0.6 is 15.9 Å². The van der Waals surface area contributed by atoms with Crippen molar-refractivity contribution in [3.05, 3.63) is 15.9 Å². The zero-order chi connectivity index (χ0) is 17.2. The Bertz CT molecular complexity index is 657. The summed E-state index contributed by atoms with van der Waals surface area (Å²) >= 11 is 2.92. The lowest BCUT2D eigenvalue weighted by Crippen LogP contribution is -2.55. The summed E-state index contributed by atoms with van der Waals surface area (Å²) in [4.78, 5) is 12.6. The monoisotopic (exact) mass is 405 g/mol. The Kier molecular flexibility index (Phi) is 3.75. The molecule has 0 aromatic carbocycles. The van der Waals surface area contributed by atoms with Crippen LogP contribution in [0.5, 0.6) is 0 Å². The summed E-state index contributed by atoms with van der Waals surface area (Å²) in [5.41, 5.74) is -1.11. The zero-order valence-electron chi connectivity index (χ0n) is 13.2. The average molecular weight is 406 g/mol. The summed E-state index contributed by atoms with van der Waals surface area (Å²) < 4.78 is 39.6. The molecule has 4 fully saturated rings. The number of amides is 1. The predicted molar refractivity (Wildman–Crippen MR) is 84.2 cm³/mol. The first-order chi connectivity index (χ1) is 11.2. The number of carbonyl (C=O) groups excluding carboxylic acids is 1. The van der Waals surface area contributed by atoms with Crippen LogP contribution in [0.2, 0.25) is 0 Å². The lowest BCUT2D eigenvalue weighted by atomic mass is 9.54. The van der Waals surface area contributed by atoms with Gasteiger partial charge in [-0.3, -0.25) is 9.48 Å². The fourth-order valence-corrected chi connectivity index (χ4v) is 6.07. The molecule has 4 bridgehead atoms. The van der Waals surface area contributed by atoms with E-state index >= 15 is 0 Å². The molecule has 0 unspecified atom stereocenters. The molecule has 0 radical (unpaired) electrons. The van der Waals surface area contributed by atoms with Gasteiger partial charge in [0.15, 0.2) is 11.4 Å². The second-order valence-electron chi connectivity index (χ2n) is 7.56. The third kappa shape index (κ3) is 2.57. The van der Waals surface area contributed by atoms with Crippen molar-refractivity contribution < 1.29 is 18.0 Å². The minimum atomic E-state index is -4.55. The Morgan fingerprint density at radius 2 is 1.71 bits per heavy atom. The Labute approximate surface area is 146 Å². The SMILES string of the molecule is Cn1nc(C(=O)NC2C3CC4CC(C3)CC2C4)c(Br)c1C(F)(F)F. The minimum Gasteiger partial charge on any atom is -0.347 e. The number of halogens is 4. The highest BCUT2D eigenvalue weighted by molar-refractivity contribution is 9.10. The average Bonchev–Trinajstić information content (AvgIpc) is 2.76. The lowest BCUT2D eigenvalue weighted by molar-refractivity contribution is -0.144. The van der Waals surface area contributed by atoms with E-state index in [0.29, 0.717) is 11.8 Å². The Morgan fingerprint density at radius 1 is 1.17 bits per heavy atom. The van der Waals surface area contributed by atoms with E-state index in [1.165, 1.54) is 13.5 Å². The number of nitrogens with one attached hydrogen (secondary N) is 1. The number of carbonyl (C=O) groups is 1. The van der Waals surface area contributed by atoms with Crippen molar-refractivity contribution >= 4 is 21.8 Å². The maximum absolute atomic E-state index is 13.1. The van der Waals surface area contributed by atoms with Gasteiger partial charge < -0.3 is 5.32 Å². The van der Waals surface area contributed by atoms with Crippen molar-refractivity contribution in [3.63, 3.8) is 0 Å². The molecule has 0 saturated heterocycles. The fraction of sp³-hybridized carbons (Fsp3) is 0.750. The smallest absolute Gasteiger partial charge is 0.347 e. The molecule has 4 aliphatic carbocycles. The summed E-state index contributed by atoms with van der Waals surface area (Å²) in [6.07, 6.45) is 1.30. The second-order valence-corrected chi connectivity index (χ2v) is 8.36. The molecule has 4 saturated carbocycles. The molecular weight excluding hydrogens is 387 g/mol. The first-order valence-electron chi connectivity index (χ1n) is 8.34. The van der Waals surface area contributed by atoms with Crippen molar-refractivity contribution in [1.82, 2.24) is 15.1 Å². The van der Waals surface area contributed by atoms with Crippen molar-refractivity contribution in [3.8, 4) is 0 Å². The first-order valence-corrected chi connectivity index (χ1v) is 9.14. The molecule has 4 nitrogen and oxygen atoms in total. The summed E-state index contributed by atoms with van der Waals surface area (Å²) in [7, 11) is 1.20. The molecule has 1 N–H and O–H groups in total. The van der Waals surface area contributed by atoms with Crippen molar-refractivity contribution in [1.29, 1.82) is 0 Å². The molecule has 0 spiro atoms. The first kappa shape index (κ1) is 16.4. The third-order valence-corrected chi connectivity index (χ3v) is 6.75. The van der Waals surface area contributed by atoms with Gasteiger partial charge in [-0.1, -0.05) is 0 Å². The molecule has 5 rings (SSSR count). The van der Waals surface area contributed by atoms with E-state index < -0.39 is 17.8 Å². The van der Waals surface area contributed by atoms with Gasteiger partial charge in [-0.05, 0) is 71.7 Å². The molecule has 4 aliphatic rings. The molecule has 1 amide bonds. The molecular formula is C16H19BrF3N3O. The number of hydrogen-bond donors (Lipinski definition) is 1. The number of alkyl halides is 3. The van der Waals surface area contributed by atoms with Crippen LogP contribution in [-0.4, -0.2) is 21.7 Å². The molecule has 0 atom stereocenters. The van der Waals surface area contributed by atoms with Gasteiger partial charge in [0.1, 0.15) is 0 Å². The van der Waals surface area contributed by atoms with E-state index in [1.807, 2.05) is 0 Å². The van der Waals surface area contributed by atoms with Gasteiger partial charge in [0.25, 0.3) is 5.91 Å². The van der Waals surface area contributed by atoms with Crippen LogP contribution in [0.3, 0.4) is 0 Å². The summed E-state index contributed by atoms with van der Waals surface area (Å²) in [6.45, 7) is 0.